The summed E-state index contributed by atoms with van der Waals surface area (Å²) in [5, 5.41) is 2.76. The van der Waals surface area contributed by atoms with Crippen molar-refractivity contribution in [3.05, 3.63) is 62.5 Å². The molecule has 0 spiro atoms. The molecule has 6 heteroatoms. The molecular formula is C15H11Br2NO3. The maximum atomic E-state index is 12.1. The molecule has 21 heavy (non-hydrogen) atoms. The summed E-state index contributed by atoms with van der Waals surface area (Å²) >= 11 is 6.68. The van der Waals surface area contributed by atoms with Crippen LogP contribution in [0.25, 0.3) is 0 Å². The van der Waals surface area contributed by atoms with Crippen LogP contribution in [0.2, 0.25) is 0 Å². The minimum atomic E-state index is -0.413. The van der Waals surface area contributed by atoms with E-state index in [0.29, 0.717) is 16.8 Å². The Bertz CT molecular complexity index is 664. The number of rotatable bonds is 3. The molecule has 0 heterocycles. The quantitative estimate of drug-likeness (QED) is 0.766. The molecule has 108 valence electrons. The van der Waals surface area contributed by atoms with Crippen molar-refractivity contribution >= 4 is 49.4 Å². The number of amides is 1. The molecule has 0 fully saturated rings. The highest BCUT2D eigenvalue weighted by molar-refractivity contribution is 9.11. The number of nitrogens with one attached hydrogen (secondary N) is 1. The minimum absolute atomic E-state index is 0.234. The fourth-order valence-corrected chi connectivity index (χ4v) is 2.99. The molecule has 2 rings (SSSR count). The lowest BCUT2D eigenvalue weighted by atomic mass is 10.2. The number of carbonyl (C=O) groups is 2. The number of benzene rings is 2. The second-order valence-corrected chi connectivity index (χ2v) is 6.01. The Hall–Kier alpha value is -1.66. The Kier molecular flexibility index (Phi) is 5.14. The molecule has 2 aromatic carbocycles. The zero-order valence-corrected chi connectivity index (χ0v) is 14.2. The van der Waals surface area contributed by atoms with Crippen LogP contribution in [0.15, 0.2) is 51.4 Å². The van der Waals surface area contributed by atoms with Gasteiger partial charge in [-0.1, -0.05) is 31.9 Å². The monoisotopic (exact) mass is 411 g/mol. The van der Waals surface area contributed by atoms with Crippen LogP contribution >= 0.6 is 31.9 Å². The van der Waals surface area contributed by atoms with Gasteiger partial charge in [-0.3, -0.25) is 4.79 Å². The minimum Gasteiger partial charge on any atom is -0.465 e. The number of anilines is 1. The summed E-state index contributed by atoms with van der Waals surface area (Å²) in [6.07, 6.45) is 0. The van der Waals surface area contributed by atoms with Crippen LogP contribution < -0.4 is 5.32 Å². The summed E-state index contributed by atoms with van der Waals surface area (Å²) in [5.74, 6) is -0.647. The Balaban J connectivity index is 2.14. The van der Waals surface area contributed by atoms with Crippen LogP contribution in [0, 0.1) is 0 Å². The molecule has 0 saturated carbocycles. The molecule has 0 radical (unpaired) electrons. The molecule has 0 aliphatic heterocycles. The zero-order chi connectivity index (χ0) is 15.4. The van der Waals surface area contributed by atoms with E-state index in [2.05, 4.69) is 41.9 Å². The van der Waals surface area contributed by atoms with Gasteiger partial charge < -0.3 is 10.1 Å². The number of halogens is 2. The van der Waals surface area contributed by atoms with E-state index in [1.807, 2.05) is 6.07 Å². The first-order valence-electron chi connectivity index (χ1n) is 5.95. The van der Waals surface area contributed by atoms with E-state index in [0.717, 1.165) is 8.95 Å². The third kappa shape index (κ3) is 4.15. The molecule has 0 saturated heterocycles. The van der Waals surface area contributed by atoms with Crippen LogP contribution in [0.3, 0.4) is 0 Å². The molecule has 2 aromatic rings. The van der Waals surface area contributed by atoms with Gasteiger partial charge in [0, 0.05) is 20.2 Å². The highest BCUT2D eigenvalue weighted by Crippen LogP contribution is 2.21. The Labute approximate surface area is 138 Å². The van der Waals surface area contributed by atoms with Crippen molar-refractivity contribution in [3.8, 4) is 0 Å². The molecular weight excluding hydrogens is 402 g/mol. The third-order valence-electron chi connectivity index (χ3n) is 2.69. The molecule has 4 nitrogen and oxygen atoms in total. The van der Waals surface area contributed by atoms with Crippen LogP contribution in [-0.4, -0.2) is 19.0 Å². The summed E-state index contributed by atoms with van der Waals surface area (Å²) in [4.78, 5) is 23.5. The van der Waals surface area contributed by atoms with Gasteiger partial charge in [-0.15, -0.1) is 0 Å². The van der Waals surface area contributed by atoms with E-state index in [-0.39, 0.29) is 5.91 Å². The highest BCUT2D eigenvalue weighted by Gasteiger charge is 2.09. The number of methoxy groups -OCH3 is 1. The van der Waals surface area contributed by atoms with Crippen molar-refractivity contribution < 1.29 is 14.3 Å². The fraction of sp³-hybridized carbons (Fsp3) is 0.0667. The van der Waals surface area contributed by atoms with Crippen molar-refractivity contribution in [2.24, 2.45) is 0 Å². The van der Waals surface area contributed by atoms with Gasteiger partial charge in [-0.2, -0.15) is 0 Å². The van der Waals surface area contributed by atoms with Crippen molar-refractivity contribution in [3.63, 3.8) is 0 Å². The summed E-state index contributed by atoms with van der Waals surface area (Å²) in [5.41, 5.74) is 1.55. The van der Waals surface area contributed by atoms with E-state index < -0.39 is 5.97 Å². The largest absolute Gasteiger partial charge is 0.465 e. The number of ether oxygens (including phenoxy) is 1. The maximum absolute atomic E-state index is 12.1. The Morgan fingerprint density at radius 1 is 0.952 bits per heavy atom. The lowest BCUT2D eigenvalue weighted by Crippen LogP contribution is -2.12. The first-order valence-corrected chi connectivity index (χ1v) is 7.54. The average molecular weight is 413 g/mol. The van der Waals surface area contributed by atoms with E-state index in [1.54, 1.807) is 36.4 Å². The normalized spacial score (nSPS) is 10.0. The predicted octanol–water partition coefficient (Wildman–Crippen LogP) is 4.25. The van der Waals surface area contributed by atoms with E-state index >= 15 is 0 Å². The SMILES string of the molecule is COC(=O)c1ccc(NC(=O)c2cc(Br)cc(Br)c2)cc1. The fourth-order valence-electron chi connectivity index (χ4n) is 1.70. The molecule has 0 unspecified atom stereocenters. The van der Waals surface area contributed by atoms with E-state index in [4.69, 9.17) is 0 Å². The first kappa shape index (κ1) is 15.7. The molecule has 0 bridgehead atoms. The molecule has 0 atom stereocenters. The van der Waals surface area contributed by atoms with Crippen molar-refractivity contribution in [2.75, 3.05) is 12.4 Å². The summed E-state index contributed by atoms with van der Waals surface area (Å²) < 4.78 is 6.23. The number of esters is 1. The Morgan fingerprint density at radius 2 is 1.52 bits per heavy atom. The smallest absolute Gasteiger partial charge is 0.337 e. The van der Waals surface area contributed by atoms with Crippen molar-refractivity contribution in [1.29, 1.82) is 0 Å². The molecule has 1 N–H and O–H groups in total. The van der Waals surface area contributed by atoms with Crippen LogP contribution in [-0.2, 0) is 4.74 Å². The molecule has 0 aliphatic rings. The van der Waals surface area contributed by atoms with Gasteiger partial charge in [-0.25, -0.2) is 4.79 Å². The van der Waals surface area contributed by atoms with Crippen LogP contribution in [0.1, 0.15) is 20.7 Å². The van der Waals surface area contributed by atoms with Crippen molar-refractivity contribution in [2.45, 2.75) is 0 Å². The van der Waals surface area contributed by atoms with Gasteiger partial charge in [0.05, 0.1) is 12.7 Å². The summed E-state index contributed by atoms with van der Waals surface area (Å²) in [6.45, 7) is 0. The van der Waals surface area contributed by atoms with Gasteiger partial charge >= 0.3 is 5.97 Å². The van der Waals surface area contributed by atoms with Crippen LogP contribution in [0.4, 0.5) is 5.69 Å². The number of carbonyl (C=O) groups excluding carboxylic acids is 2. The molecule has 1 amide bonds. The van der Waals surface area contributed by atoms with E-state index in [1.165, 1.54) is 7.11 Å². The molecule has 0 aromatic heterocycles. The van der Waals surface area contributed by atoms with E-state index in [9.17, 15) is 9.59 Å². The van der Waals surface area contributed by atoms with Gasteiger partial charge in [0.2, 0.25) is 0 Å². The highest BCUT2D eigenvalue weighted by atomic mass is 79.9. The van der Waals surface area contributed by atoms with Gasteiger partial charge in [0.15, 0.2) is 0 Å². The van der Waals surface area contributed by atoms with Gasteiger partial charge in [-0.05, 0) is 42.5 Å². The summed E-state index contributed by atoms with van der Waals surface area (Å²) in [7, 11) is 1.32. The lowest BCUT2D eigenvalue weighted by molar-refractivity contribution is 0.0600. The second kappa shape index (κ2) is 6.87. The number of hydrogen-bond acceptors (Lipinski definition) is 3. The van der Waals surface area contributed by atoms with Crippen molar-refractivity contribution in [1.82, 2.24) is 0 Å². The Morgan fingerprint density at radius 3 is 2.05 bits per heavy atom. The third-order valence-corrected chi connectivity index (χ3v) is 3.60. The first-order chi connectivity index (χ1) is 9.99. The predicted molar refractivity (Wildman–Crippen MR) is 87.6 cm³/mol. The number of hydrogen-bond donors (Lipinski definition) is 1. The zero-order valence-electron chi connectivity index (χ0n) is 11.0. The average Bonchev–Trinajstić information content (AvgIpc) is 2.46. The second-order valence-electron chi connectivity index (χ2n) is 4.18. The van der Waals surface area contributed by atoms with Gasteiger partial charge in [0.25, 0.3) is 5.91 Å². The maximum Gasteiger partial charge on any atom is 0.337 e. The molecule has 0 aliphatic carbocycles. The summed E-state index contributed by atoms with van der Waals surface area (Å²) in [6, 6.07) is 11.8. The van der Waals surface area contributed by atoms with Crippen LogP contribution in [0.5, 0.6) is 0 Å². The van der Waals surface area contributed by atoms with Gasteiger partial charge in [0.1, 0.15) is 0 Å². The standard InChI is InChI=1S/C15H11Br2NO3/c1-21-15(20)9-2-4-13(5-3-9)18-14(19)10-6-11(16)8-12(17)7-10/h2-8H,1H3,(H,18,19). The lowest BCUT2D eigenvalue weighted by Gasteiger charge is -2.07. The topological polar surface area (TPSA) is 55.4 Å².